The highest BCUT2D eigenvalue weighted by Crippen LogP contribution is 2.32. The van der Waals surface area contributed by atoms with Gasteiger partial charge in [-0.1, -0.05) is 23.2 Å². The second-order valence-electron chi connectivity index (χ2n) is 3.61. The van der Waals surface area contributed by atoms with Crippen molar-refractivity contribution < 1.29 is 13.2 Å². The maximum absolute atomic E-state index is 12.6. The van der Waals surface area contributed by atoms with E-state index in [0.717, 1.165) is 0 Å². The topological polar surface area (TPSA) is 45.8 Å². The lowest BCUT2D eigenvalue weighted by Crippen LogP contribution is -2.19. The van der Waals surface area contributed by atoms with Gasteiger partial charge in [-0.05, 0) is 24.3 Å². The molecule has 0 aliphatic heterocycles. The number of hydrogen-bond acceptors (Lipinski definition) is 2. The van der Waals surface area contributed by atoms with E-state index < -0.39 is 17.6 Å². The van der Waals surface area contributed by atoms with Crippen LogP contribution in [0, 0.1) is 0 Å². The molecule has 0 bridgehead atoms. The van der Waals surface area contributed by atoms with Gasteiger partial charge in [0.05, 0.1) is 10.7 Å². The van der Waals surface area contributed by atoms with Crippen LogP contribution in [0.15, 0.2) is 29.1 Å². The SMILES string of the molecule is O=c1nc(-c2cc(Cl)ccc2Cl)cc(C(F)(F)F)[nH]1. The molecule has 1 N–H and O–H groups in total. The predicted molar refractivity (Wildman–Crippen MR) is 65.3 cm³/mol. The summed E-state index contributed by atoms with van der Waals surface area (Å²) >= 11 is 11.6. The maximum atomic E-state index is 12.6. The second kappa shape index (κ2) is 4.86. The third kappa shape index (κ3) is 3.08. The summed E-state index contributed by atoms with van der Waals surface area (Å²) < 4.78 is 37.8. The first-order valence-electron chi connectivity index (χ1n) is 4.91. The average Bonchev–Trinajstić information content (AvgIpc) is 2.30. The zero-order chi connectivity index (χ0) is 14.2. The Morgan fingerprint density at radius 2 is 1.84 bits per heavy atom. The van der Waals surface area contributed by atoms with Gasteiger partial charge in [-0.2, -0.15) is 18.2 Å². The smallest absolute Gasteiger partial charge is 0.302 e. The molecule has 1 aromatic heterocycles. The highest BCUT2D eigenvalue weighted by Gasteiger charge is 2.32. The molecule has 100 valence electrons. The van der Waals surface area contributed by atoms with Crippen LogP contribution in [0.4, 0.5) is 13.2 Å². The van der Waals surface area contributed by atoms with Crippen molar-refractivity contribution in [3.05, 3.63) is 50.5 Å². The van der Waals surface area contributed by atoms with E-state index in [-0.39, 0.29) is 21.3 Å². The van der Waals surface area contributed by atoms with Crippen LogP contribution >= 0.6 is 23.2 Å². The molecule has 0 saturated heterocycles. The second-order valence-corrected chi connectivity index (χ2v) is 4.45. The number of nitrogens with zero attached hydrogens (tertiary/aromatic N) is 1. The Morgan fingerprint density at radius 3 is 2.47 bits per heavy atom. The van der Waals surface area contributed by atoms with Gasteiger partial charge in [-0.15, -0.1) is 0 Å². The zero-order valence-corrected chi connectivity index (χ0v) is 10.6. The number of hydrogen-bond donors (Lipinski definition) is 1. The number of halogens is 5. The van der Waals surface area contributed by atoms with Crippen molar-refractivity contribution in [1.82, 2.24) is 9.97 Å². The predicted octanol–water partition coefficient (Wildman–Crippen LogP) is 3.76. The summed E-state index contributed by atoms with van der Waals surface area (Å²) in [4.78, 5) is 16.3. The summed E-state index contributed by atoms with van der Waals surface area (Å²) in [6.45, 7) is 0. The highest BCUT2D eigenvalue weighted by molar-refractivity contribution is 6.35. The van der Waals surface area contributed by atoms with Crippen LogP contribution in [0.1, 0.15) is 5.69 Å². The Bertz CT molecular complexity index is 682. The van der Waals surface area contributed by atoms with Crippen molar-refractivity contribution in [3.63, 3.8) is 0 Å². The molecule has 2 aromatic rings. The Kier molecular flexibility index (Phi) is 3.56. The van der Waals surface area contributed by atoms with Crippen molar-refractivity contribution >= 4 is 23.2 Å². The van der Waals surface area contributed by atoms with E-state index in [1.807, 2.05) is 0 Å². The first-order valence-corrected chi connectivity index (χ1v) is 5.67. The fraction of sp³-hybridized carbons (Fsp3) is 0.0909. The number of alkyl halides is 3. The Hall–Kier alpha value is -1.53. The lowest BCUT2D eigenvalue weighted by Gasteiger charge is -2.09. The normalized spacial score (nSPS) is 11.6. The van der Waals surface area contributed by atoms with E-state index in [1.54, 1.807) is 4.98 Å². The van der Waals surface area contributed by atoms with Crippen molar-refractivity contribution in [3.8, 4) is 11.3 Å². The van der Waals surface area contributed by atoms with Crippen LogP contribution in [0.5, 0.6) is 0 Å². The van der Waals surface area contributed by atoms with Gasteiger partial charge >= 0.3 is 11.9 Å². The molecule has 0 aliphatic rings. The van der Waals surface area contributed by atoms with Gasteiger partial charge in [0.2, 0.25) is 0 Å². The van der Waals surface area contributed by atoms with E-state index >= 15 is 0 Å². The molecule has 1 aromatic carbocycles. The molecule has 0 aliphatic carbocycles. The third-order valence-electron chi connectivity index (χ3n) is 2.25. The van der Waals surface area contributed by atoms with Crippen molar-refractivity contribution in [2.75, 3.05) is 0 Å². The molecule has 0 unspecified atom stereocenters. The van der Waals surface area contributed by atoms with Crippen molar-refractivity contribution in [1.29, 1.82) is 0 Å². The molecule has 1 heterocycles. The molecule has 0 amide bonds. The van der Waals surface area contributed by atoms with Gasteiger partial charge in [0.15, 0.2) is 0 Å². The minimum absolute atomic E-state index is 0.149. The van der Waals surface area contributed by atoms with Gasteiger partial charge in [-0.25, -0.2) is 4.79 Å². The van der Waals surface area contributed by atoms with Gasteiger partial charge < -0.3 is 4.98 Å². The largest absolute Gasteiger partial charge is 0.431 e. The number of rotatable bonds is 1. The summed E-state index contributed by atoms with van der Waals surface area (Å²) in [7, 11) is 0. The molecule has 0 atom stereocenters. The first kappa shape index (κ1) is 13.9. The molecule has 0 radical (unpaired) electrons. The molecule has 0 spiro atoms. The summed E-state index contributed by atoms with van der Waals surface area (Å²) in [6.07, 6.45) is -4.68. The maximum Gasteiger partial charge on any atom is 0.431 e. The number of aromatic nitrogens is 2. The van der Waals surface area contributed by atoms with E-state index in [2.05, 4.69) is 4.98 Å². The van der Waals surface area contributed by atoms with Gasteiger partial charge in [0.25, 0.3) is 0 Å². The van der Waals surface area contributed by atoms with E-state index in [9.17, 15) is 18.0 Å². The number of nitrogens with one attached hydrogen (secondary N) is 1. The summed E-state index contributed by atoms with van der Waals surface area (Å²) in [5.41, 5.74) is -2.34. The lowest BCUT2D eigenvalue weighted by atomic mass is 10.1. The van der Waals surface area contributed by atoms with Gasteiger partial charge in [0.1, 0.15) is 5.69 Å². The molecular weight excluding hydrogens is 304 g/mol. The monoisotopic (exact) mass is 308 g/mol. The number of aromatic amines is 1. The Labute approximate surface area is 115 Å². The quantitative estimate of drug-likeness (QED) is 0.871. The Morgan fingerprint density at radius 1 is 1.16 bits per heavy atom. The van der Waals surface area contributed by atoms with Crippen LogP contribution in [-0.4, -0.2) is 9.97 Å². The van der Waals surface area contributed by atoms with Crippen molar-refractivity contribution in [2.45, 2.75) is 6.18 Å². The summed E-state index contributed by atoms with van der Waals surface area (Å²) in [5, 5.41) is 0.422. The highest BCUT2D eigenvalue weighted by atomic mass is 35.5. The van der Waals surface area contributed by atoms with Crippen molar-refractivity contribution in [2.24, 2.45) is 0 Å². The number of H-pyrrole nitrogens is 1. The van der Waals surface area contributed by atoms with Crippen LogP contribution < -0.4 is 5.69 Å². The lowest BCUT2D eigenvalue weighted by molar-refractivity contribution is -0.141. The Balaban J connectivity index is 2.66. The van der Waals surface area contributed by atoms with Crippen LogP contribution in [0.2, 0.25) is 10.0 Å². The minimum atomic E-state index is -4.68. The molecule has 8 heteroatoms. The van der Waals surface area contributed by atoms with E-state index in [4.69, 9.17) is 23.2 Å². The minimum Gasteiger partial charge on any atom is -0.302 e. The molecule has 3 nitrogen and oxygen atoms in total. The molecule has 19 heavy (non-hydrogen) atoms. The van der Waals surface area contributed by atoms with Crippen LogP contribution in [0.3, 0.4) is 0 Å². The zero-order valence-electron chi connectivity index (χ0n) is 9.05. The third-order valence-corrected chi connectivity index (χ3v) is 2.82. The van der Waals surface area contributed by atoms with E-state index in [0.29, 0.717) is 6.07 Å². The van der Waals surface area contributed by atoms with Crippen LogP contribution in [0.25, 0.3) is 11.3 Å². The standard InChI is InChI=1S/C11H5Cl2F3N2O/c12-5-1-2-7(13)6(3-5)8-4-9(11(14,15)16)18-10(19)17-8/h1-4H,(H,17,18,19). The fourth-order valence-corrected chi connectivity index (χ4v) is 1.83. The summed E-state index contributed by atoms with van der Waals surface area (Å²) in [5.74, 6) is 0. The average molecular weight is 309 g/mol. The first-order chi connectivity index (χ1) is 8.77. The molecular formula is C11H5Cl2F3N2O. The molecule has 0 saturated carbocycles. The fourth-order valence-electron chi connectivity index (χ4n) is 1.44. The van der Waals surface area contributed by atoms with Gasteiger partial charge in [0, 0.05) is 10.6 Å². The van der Waals surface area contributed by atoms with Gasteiger partial charge in [-0.3, -0.25) is 0 Å². The number of benzene rings is 1. The molecule has 2 rings (SSSR count). The molecule has 0 fully saturated rings. The van der Waals surface area contributed by atoms with E-state index in [1.165, 1.54) is 18.2 Å². The van der Waals surface area contributed by atoms with Crippen LogP contribution in [-0.2, 0) is 6.18 Å². The summed E-state index contributed by atoms with van der Waals surface area (Å²) in [6, 6.07) is 4.94.